The van der Waals surface area contributed by atoms with Gasteiger partial charge in [0.25, 0.3) is 0 Å². The minimum absolute atomic E-state index is 0.441. The minimum atomic E-state index is 0.441. The number of benzene rings is 1. The molecule has 0 aromatic heterocycles. The summed E-state index contributed by atoms with van der Waals surface area (Å²) in [5, 5.41) is 3.84. The van der Waals surface area contributed by atoms with Crippen molar-refractivity contribution in [2.24, 2.45) is 0 Å². The molecule has 2 heteroatoms. The van der Waals surface area contributed by atoms with Crippen LogP contribution in [-0.4, -0.2) is 17.5 Å². The first kappa shape index (κ1) is 16.9. The number of thioether (sulfide) groups is 1. The molecule has 0 bridgehead atoms. The van der Waals surface area contributed by atoms with Gasteiger partial charge in [-0.1, -0.05) is 37.0 Å². The Bertz CT molecular complexity index is 451. The largest absolute Gasteiger partial charge is 0.309 e. The summed E-state index contributed by atoms with van der Waals surface area (Å²) in [4.78, 5) is 0. The maximum atomic E-state index is 3.84. The second-order valence-corrected chi connectivity index (χ2v) is 8.14. The number of rotatable bonds is 5. The van der Waals surface area contributed by atoms with Crippen LogP contribution in [-0.2, 0) is 0 Å². The van der Waals surface area contributed by atoms with Crippen LogP contribution in [0, 0.1) is 20.8 Å². The zero-order chi connectivity index (χ0) is 15.5. The Labute approximate surface area is 135 Å². The lowest BCUT2D eigenvalue weighted by molar-refractivity contribution is 0.367. The van der Waals surface area contributed by atoms with Gasteiger partial charge in [0.05, 0.1) is 0 Å². The lowest BCUT2D eigenvalue weighted by atomic mass is 9.87. The van der Waals surface area contributed by atoms with Crippen LogP contribution in [0.4, 0.5) is 0 Å². The van der Waals surface area contributed by atoms with Gasteiger partial charge in [-0.3, -0.25) is 0 Å². The zero-order valence-electron chi connectivity index (χ0n) is 14.4. The van der Waals surface area contributed by atoms with Crippen molar-refractivity contribution < 1.29 is 0 Å². The van der Waals surface area contributed by atoms with E-state index in [1.807, 2.05) is 0 Å². The van der Waals surface area contributed by atoms with Crippen LogP contribution < -0.4 is 5.32 Å². The highest BCUT2D eigenvalue weighted by atomic mass is 32.2. The molecule has 1 N–H and O–H groups in total. The molecule has 1 aliphatic carbocycles. The van der Waals surface area contributed by atoms with Gasteiger partial charge in [-0.15, -0.1) is 0 Å². The summed E-state index contributed by atoms with van der Waals surface area (Å²) in [7, 11) is 0. The fourth-order valence-electron chi connectivity index (χ4n) is 3.96. The second-order valence-electron chi connectivity index (χ2n) is 6.86. The molecule has 0 radical (unpaired) electrons. The summed E-state index contributed by atoms with van der Waals surface area (Å²) in [6.45, 7) is 10.1. The van der Waals surface area contributed by atoms with E-state index in [-0.39, 0.29) is 0 Å². The Morgan fingerprint density at radius 2 is 1.67 bits per heavy atom. The average Bonchev–Trinajstić information content (AvgIpc) is 2.45. The van der Waals surface area contributed by atoms with Crippen LogP contribution in [0.1, 0.15) is 67.3 Å². The van der Waals surface area contributed by atoms with Crippen LogP contribution in [0.5, 0.6) is 0 Å². The highest BCUT2D eigenvalue weighted by Crippen LogP contribution is 2.38. The van der Waals surface area contributed by atoms with Gasteiger partial charge in [-0.2, -0.15) is 11.8 Å². The maximum Gasteiger partial charge on any atom is 0.0297 e. The number of hydrogen-bond donors (Lipinski definition) is 1. The SMILES string of the molecule is CSC1(CNC(C)c2c(C)cc(C)cc2C)CCCCC1. The third-order valence-corrected chi connectivity index (χ3v) is 6.52. The normalized spacial score (nSPS) is 19.5. The molecule has 21 heavy (non-hydrogen) atoms. The Hall–Kier alpha value is -0.470. The lowest BCUT2D eigenvalue weighted by Crippen LogP contribution is -2.40. The highest BCUT2D eigenvalue weighted by molar-refractivity contribution is 8.00. The second kappa shape index (κ2) is 7.19. The summed E-state index contributed by atoms with van der Waals surface area (Å²) in [5.41, 5.74) is 5.71. The van der Waals surface area contributed by atoms with E-state index in [1.54, 1.807) is 0 Å². The molecule has 1 aliphatic rings. The molecule has 1 fully saturated rings. The monoisotopic (exact) mass is 305 g/mol. The molecule has 118 valence electrons. The smallest absolute Gasteiger partial charge is 0.0297 e. The molecule has 0 spiro atoms. The number of nitrogens with one attached hydrogen (secondary N) is 1. The molecule has 1 nitrogen and oxygen atoms in total. The van der Waals surface area contributed by atoms with Crippen LogP contribution in [0.25, 0.3) is 0 Å². The van der Waals surface area contributed by atoms with Crippen molar-refractivity contribution in [3.8, 4) is 0 Å². The topological polar surface area (TPSA) is 12.0 Å². The molecule has 1 atom stereocenters. The molecule has 0 saturated heterocycles. The van der Waals surface area contributed by atoms with Gasteiger partial charge in [0.1, 0.15) is 0 Å². The van der Waals surface area contributed by atoms with Gasteiger partial charge < -0.3 is 5.32 Å². The van der Waals surface area contributed by atoms with Gasteiger partial charge in [0.2, 0.25) is 0 Å². The fourth-order valence-corrected chi connectivity index (χ4v) is 4.89. The summed E-state index contributed by atoms with van der Waals surface area (Å²) in [6, 6.07) is 5.06. The molecule has 1 unspecified atom stereocenters. The number of aryl methyl sites for hydroxylation is 3. The van der Waals surface area contributed by atoms with E-state index >= 15 is 0 Å². The van der Waals surface area contributed by atoms with Crippen molar-refractivity contribution in [3.05, 3.63) is 34.4 Å². The predicted molar refractivity (Wildman–Crippen MR) is 96.4 cm³/mol. The molecule has 0 heterocycles. The van der Waals surface area contributed by atoms with Crippen LogP contribution in [0.15, 0.2) is 12.1 Å². The van der Waals surface area contributed by atoms with E-state index in [2.05, 4.69) is 63.2 Å². The molecule has 0 amide bonds. The molecular formula is C19H31NS. The Morgan fingerprint density at radius 3 is 2.19 bits per heavy atom. The first-order valence-electron chi connectivity index (χ1n) is 8.34. The zero-order valence-corrected chi connectivity index (χ0v) is 15.2. The van der Waals surface area contributed by atoms with Crippen molar-refractivity contribution >= 4 is 11.8 Å². The lowest BCUT2D eigenvalue weighted by Gasteiger charge is -2.37. The standard InChI is InChI=1S/C19H31NS/c1-14-11-15(2)18(16(3)12-14)17(4)20-13-19(21-5)9-7-6-8-10-19/h11-12,17,20H,6-10,13H2,1-5H3. The van der Waals surface area contributed by atoms with E-state index in [0.717, 1.165) is 6.54 Å². The van der Waals surface area contributed by atoms with Crippen LogP contribution in [0.2, 0.25) is 0 Å². The molecular weight excluding hydrogens is 274 g/mol. The van der Waals surface area contributed by atoms with Crippen molar-refractivity contribution in [1.29, 1.82) is 0 Å². The maximum absolute atomic E-state index is 3.84. The molecule has 0 aliphatic heterocycles. The molecule has 1 saturated carbocycles. The van der Waals surface area contributed by atoms with Gasteiger partial charge >= 0.3 is 0 Å². The van der Waals surface area contributed by atoms with Crippen LogP contribution >= 0.6 is 11.8 Å². The van der Waals surface area contributed by atoms with Gasteiger partial charge in [0, 0.05) is 17.3 Å². The van der Waals surface area contributed by atoms with E-state index in [0.29, 0.717) is 10.8 Å². The quantitative estimate of drug-likeness (QED) is 0.789. The Kier molecular flexibility index (Phi) is 5.79. The van der Waals surface area contributed by atoms with Gasteiger partial charge in [0.15, 0.2) is 0 Å². The van der Waals surface area contributed by atoms with Crippen molar-refractivity contribution in [2.75, 3.05) is 12.8 Å². The third-order valence-electron chi connectivity index (χ3n) is 5.10. The summed E-state index contributed by atoms with van der Waals surface area (Å²) >= 11 is 2.08. The van der Waals surface area contributed by atoms with E-state index in [4.69, 9.17) is 0 Å². The van der Waals surface area contributed by atoms with Gasteiger partial charge in [-0.25, -0.2) is 0 Å². The van der Waals surface area contributed by atoms with E-state index in [1.165, 1.54) is 54.4 Å². The third kappa shape index (κ3) is 4.04. The highest BCUT2D eigenvalue weighted by Gasteiger charge is 2.31. The first-order chi connectivity index (χ1) is 9.97. The Morgan fingerprint density at radius 1 is 1.10 bits per heavy atom. The average molecular weight is 306 g/mol. The Balaban J connectivity index is 2.06. The summed E-state index contributed by atoms with van der Waals surface area (Å²) < 4.78 is 0.471. The number of hydrogen-bond acceptors (Lipinski definition) is 2. The molecule has 1 aromatic carbocycles. The minimum Gasteiger partial charge on any atom is -0.309 e. The summed E-state index contributed by atoms with van der Waals surface area (Å²) in [6.07, 6.45) is 9.27. The van der Waals surface area contributed by atoms with Crippen LogP contribution in [0.3, 0.4) is 0 Å². The van der Waals surface area contributed by atoms with Crippen molar-refractivity contribution in [2.45, 2.75) is 70.6 Å². The van der Waals surface area contributed by atoms with Crippen molar-refractivity contribution in [1.82, 2.24) is 5.32 Å². The summed E-state index contributed by atoms with van der Waals surface area (Å²) in [5.74, 6) is 0. The van der Waals surface area contributed by atoms with E-state index < -0.39 is 0 Å². The predicted octanol–water partition coefficient (Wildman–Crippen LogP) is 5.33. The van der Waals surface area contributed by atoms with Gasteiger partial charge in [-0.05, 0) is 63.5 Å². The van der Waals surface area contributed by atoms with Crippen molar-refractivity contribution in [3.63, 3.8) is 0 Å². The molecule has 1 aromatic rings. The van der Waals surface area contributed by atoms with E-state index in [9.17, 15) is 0 Å². The first-order valence-corrected chi connectivity index (χ1v) is 9.56. The molecule has 2 rings (SSSR count). The fraction of sp³-hybridized carbons (Fsp3) is 0.684.